The van der Waals surface area contributed by atoms with Gasteiger partial charge in [-0.15, -0.1) is 0 Å². The van der Waals surface area contributed by atoms with Crippen molar-refractivity contribution in [1.82, 2.24) is 0 Å². The second-order valence-electron chi connectivity index (χ2n) is 14.3. The van der Waals surface area contributed by atoms with Gasteiger partial charge in [-0.1, -0.05) is 24.3 Å². The van der Waals surface area contributed by atoms with Crippen LogP contribution in [0.25, 0.3) is 0 Å². The zero-order valence-corrected chi connectivity index (χ0v) is 51.6. The molecule has 4 aromatic carbocycles. The molecule has 0 fully saturated rings. The van der Waals surface area contributed by atoms with Crippen molar-refractivity contribution in [1.29, 1.82) is 0 Å². The zero-order valence-electron chi connectivity index (χ0n) is 40.3. The fourth-order valence-electron chi connectivity index (χ4n) is 6.12. The van der Waals surface area contributed by atoms with E-state index >= 15 is 0 Å². The van der Waals surface area contributed by atoms with Gasteiger partial charge in [0.2, 0.25) is 5.75 Å². The van der Waals surface area contributed by atoms with Gasteiger partial charge in [-0.05, 0) is 115 Å². The minimum Gasteiger partial charge on any atom is -0.744 e. The summed E-state index contributed by atoms with van der Waals surface area (Å²) in [6.45, 7) is 3.12. The number of methoxy groups -OCH3 is 2. The summed E-state index contributed by atoms with van der Waals surface area (Å²) < 4.78 is 153. The topological polar surface area (TPSA) is 368 Å². The summed E-state index contributed by atoms with van der Waals surface area (Å²) in [6, 6.07) is 14.5. The third kappa shape index (κ3) is 17.5. The van der Waals surface area contributed by atoms with Gasteiger partial charge in [-0.3, -0.25) is 0 Å². The van der Waals surface area contributed by atoms with Gasteiger partial charge in [0.25, 0.3) is 0 Å². The van der Waals surface area contributed by atoms with Crippen molar-refractivity contribution in [3.05, 3.63) is 164 Å². The van der Waals surface area contributed by atoms with Gasteiger partial charge < -0.3 is 38.1 Å². The third-order valence-corrected chi connectivity index (χ3v) is 13.1. The minimum absolute atomic E-state index is 0. The first-order valence-corrected chi connectivity index (χ1v) is 25.0. The van der Waals surface area contributed by atoms with E-state index < -0.39 is 60.1 Å². The first-order chi connectivity index (χ1) is 32.7. The van der Waals surface area contributed by atoms with Gasteiger partial charge in [0.1, 0.15) is 51.9 Å². The minimum atomic E-state index is -5.30. The Morgan fingerprint density at radius 3 is 1.36 bits per heavy atom. The molecule has 0 radical (unpaired) electrons. The molecule has 0 unspecified atom stereocenters. The average Bonchev–Trinajstić information content (AvgIpc) is 3.29. The largest absolute Gasteiger partial charge is 1.00 e. The number of nitroso groups, excluding NO2 is 1. The molecule has 0 bridgehead atoms. The van der Waals surface area contributed by atoms with Crippen molar-refractivity contribution in [2.45, 2.75) is 23.6 Å². The molecule has 364 valence electrons. The second kappa shape index (κ2) is 27.7. The van der Waals surface area contributed by atoms with E-state index in [-0.39, 0.29) is 196 Å². The summed E-state index contributed by atoms with van der Waals surface area (Å²) in [5.41, 5.74) is -0.0446. The zero-order chi connectivity index (χ0) is 51.3. The molecule has 0 aromatic heterocycles. The molecular weight excluding hydrogens is 1090 g/mol. The number of nitrogens with zero attached hydrogens (tertiary/aromatic N) is 8. The number of azo groups is 2. The van der Waals surface area contributed by atoms with Crippen LogP contribution in [0.2, 0.25) is 0 Å². The summed E-state index contributed by atoms with van der Waals surface area (Å²) in [4.78, 5) is 10.7. The predicted octanol–water partition coefficient (Wildman–Crippen LogP) is -5.05. The molecule has 4 aromatic rings. The molecule has 0 spiro atoms. The smallest absolute Gasteiger partial charge is 0.744 e. The van der Waals surface area contributed by atoms with Crippen LogP contribution in [0.3, 0.4) is 0 Å². The molecule has 6 rings (SSSR count). The van der Waals surface area contributed by atoms with E-state index in [0.717, 1.165) is 72.9 Å². The van der Waals surface area contributed by atoms with E-state index in [2.05, 4.69) is 30.7 Å². The van der Waals surface area contributed by atoms with Gasteiger partial charge in [0, 0.05) is 18.2 Å². The Hall–Kier alpha value is -3.54. The quantitative estimate of drug-likeness (QED) is 0.0353. The SMILES string of the molecule is COc1cc(N=Nc2ccc(S(=O)(=O)[O-])cc2)c(C)cc1N([O-])N=C1C=CC(=CC=C2C=CC(=N[N+](=O)c3cc(C)c(N=Nc4ccc(S(=O)(=O)[O-])cc4)cc3OC)C=C2S(=O)(=O)[O-])C(S(=O)(=O)[O-])=C1.[Na+].[Na+].[Na+].[Na+]. The maximum Gasteiger partial charge on any atom is 1.00 e. The maximum absolute atomic E-state index is 13.3. The number of hydrogen-bond acceptors (Lipinski definition) is 22. The van der Waals surface area contributed by atoms with E-state index in [1.807, 2.05) is 0 Å². The number of aryl methyl sites for hydroxylation is 2. The van der Waals surface area contributed by atoms with E-state index in [1.54, 1.807) is 13.8 Å². The summed E-state index contributed by atoms with van der Waals surface area (Å²) in [7, 11) is -17.5. The molecule has 2 aliphatic rings. The van der Waals surface area contributed by atoms with Crippen LogP contribution in [0, 0.1) is 24.0 Å². The van der Waals surface area contributed by atoms with Crippen LogP contribution in [0.15, 0.2) is 183 Å². The molecule has 0 atom stereocenters. The van der Waals surface area contributed by atoms with E-state index in [1.165, 1.54) is 62.8 Å². The molecule has 0 amide bonds. The van der Waals surface area contributed by atoms with Gasteiger partial charge in [-0.25, -0.2) is 33.7 Å². The summed E-state index contributed by atoms with van der Waals surface area (Å²) >= 11 is 0. The number of allylic oxidation sites excluding steroid dienone is 10. The van der Waals surface area contributed by atoms with Crippen molar-refractivity contribution < 1.29 is 184 Å². The molecule has 0 aliphatic heterocycles. The third-order valence-electron chi connectivity index (χ3n) is 9.59. The van der Waals surface area contributed by atoms with E-state index in [4.69, 9.17) is 9.47 Å². The Bertz CT molecular complexity index is 3620. The molecule has 24 nitrogen and oxygen atoms in total. The maximum atomic E-state index is 13.3. The van der Waals surface area contributed by atoms with Gasteiger partial charge >= 0.3 is 124 Å². The first kappa shape index (κ1) is 66.6. The Labute approximate surface area is 512 Å². The number of benzene rings is 4. The van der Waals surface area contributed by atoms with Crippen molar-refractivity contribution in [3.63, 3.8) is 0 Å². The van der Waals surface area contributed by atoms with Gasteiger partial charge in [-0.2, -0.15) is 25.6 Å². The van der Waals surface area contributed by atoms with Crippen LogP contribution in [0.4, 0.5) is 34.1 Å². The Kier molecular flexibility index (Phi) is 24.9. The molecule has 32 heteroatoms. The van der Waals surface area contributed by atoms with E-state index in [9.17, 15) is 62.0 Å². The monoisotopic (exact) mass is 1120 g/mol. The van der Waals surface area contributed by atoms with Crippen LogP contribution in [-0.4, -0.2) is 82.4 Å². The molecular formula is C42H32N8Na4O16S4. The standard InChI is InChI=1S/C42H36N8O16S4.4Na/c1-25-19-37(39(65-3)23-35(25)45-43-29-11-15-33(16-12-29)67(53,54)55)49(51)47-31-9-7-27(41(21-31)69(59,60)61)5-6-28-8-10-32(22-42(28)70(62,63)64)48-50(52)38-20-26(2)36(24-40(38)66-4)46-44-30-13-17-34(18-14-30)68(56,57)58;;;;/h5-24H,1-4H3,(H,53,54,55)(H,56,57,58)(H,59,60,61)(H,62,63,64);;;;/q;4*+1/p-4. The number of ether oxygens (including phenoxy) is 2. The Morgan fingerprint density at radius 1 is 0.541 bits per heavy atom. The number of hydrazone groups is 2. The van der Waals surface area contributed by atoms with Crippen molar-refractivity contribution in [3.8, 4) is 11.5 Å². The summed E-state index contributed by atoms with van der Waals surface area (Å²) in [5, 5.41) is 37.3. The number of hydrogen-bond donors (Lipinski definition) is 0. The second-order valence-corrected chi connectivity index (χ2v) is 19.8. The van der Waals surface area contributed by atoms with Crippen molar-refractivity contribution in [2.75, 3.05) is 19.4 Å². The van der Waals surface area contributed by atoms with E-state index in [0.29, 0.717) is 11.1 Å². The summed E-state index contributed by atoms with van der Waals surface area (Å²) in [6.07, 6.45) is 8.11. The molecule has 0 N–H and O–H groups in total. The molecule has 2 aliphatic carbocycles. The van der Waals surface area contributed by atoms with Crippen LogP contribution in [0.5, 0.6) is 11.5 Å². The molecule has 0 saturated heterocycles. The van der Waals surface area contributed by atoms with Crippen LogP contribution in [0.1, 0.15) is 11.1 Å². The van der Waals surface area contributed by atoms with Crippen LogP contribution in [-0.2, 0) is 40.5 Å². The molecule has 74 heavy (non-hydrogen) atoms. The van der Waals surface area contributed by atoms with Crippen LogP contribution >= 0.6 is 0 Å². The molecule has 0 heterocycles. The number of anilines is 1. The van der Waals surface area contributed by atoms with Crippen molar-refractivity contribution in [2.24, 2.45) is 30.7 Å². The summed E-state index contributed by atoms with van der Waals surface area (Å²) in [5.74, 6) is -0.131. The first-order valence-electron chi connectivity index (χ1n) is 19.3. The number of rotatable bonds is 15. The fraction of sp³-hybridized carbons (Fsp3) is 0.0952. The predicted molar refractivity (Wildman–Crippen MR) is 247 cm³/mol. The average molecular weight is 1120 g/mol. The Morgan fingerprint density at radius 2 is 0.946 bits per heavy atom. The normalized spacial score (nSPS) is 16.0. The van der Waals surface area contributed by atoms with Crippen LogP contribution < -0.4 is 133 Å². The van der Waals surface area contributed by atoms with Crippen molar-refractivity contribution >= 4 is 86.0 Å². The molecule has 0 saturated carbocycles. The fourth-order valence-corrected chi connectivity index (χ4v) is 8.44. The van der Waals surface area contributed by atoms with Gasteiger partial charge in [0.15, 0.2) is 4.87 Å². The van der Waals surface area contributed by atoms with Gasteiger partial charge in [0.05, 0.1) is 78.0 Å². The Balaban J connectivity index is 0.00000469.